The zero-order valence-electron chi connectivity index (χ0n) is 11.9. The van der Waals surface area contributed by atoms with Crippen molar-refractivity contribution in [3.05, 3.63) is 71.4 Å². The molecule has 0 saturated heterocycles. The monoisotopic (exact) mass is 279 g/mol. The van der Waals surface area contributed by atoms with E-state index in [1.807, 2.05) is 55.5 Å². The van der Waals surface area contributed by atoms with Crippen LogP contribution in [0.2, 0.25) is 0 Å². The molecular formula is C18H17NO2. The molecule has 3 nitrogen and oxygen atoms in total. The molecule has 0 atom stereocenters. The highest BCUT2D eigenvalue weighted by molar-refractivity contribution is 5.86. The van der Waals surface area contributed by atoms with Gasteiger partial charge in [-0.1, -0.05) is 48.5 Å². The highest BCUT2D eigenvalue weighted by Gasteiger charge is 2.12. The van der Waals surface area contributed by atoms with Crippen LogP contribution in [0.3, 0.4) is 0 Å². The molecule has 0 aliphatic carbocycles. The van der Waals surface area contributed by atoms with Crippen LogP contribution < -0.4 is 0 Å². The summed E-state index contributed by atoms with van der Waals surface area (Å²) >= 11 is 0. The number of aromatic amines is 1. The Kier molecular flexibility index (Phi) is 3.73. The molecule has 3 aromatic rings. The molecule has 0 bridgehead atoms. The van der Waals surface area contributed by atoms with Crippen LogP contribution in [0.1, 0.15) is 16.8 Å². The first-order valence-electron chi connectivity index (χ1n) is 7.00. The van der Waals surface area contributed by atoms with Gasteiger partial charge in [-0.15, -0.1) is 0 Å². The van der Waals surface area contributed by atoms with E-state index < -0.39 is 0 Å². The summed E-state index contributed by atoms with van der Waals surface area (Å²) in [6, 6.07) is 17.8. The Bertz CT molecular complexity index is 759. The lowest BCUT2D eigenvalue weighted by Gasteiger charge is -2.04. The van der Waals surface area contributed by atoms with Gasteiger partial charge in [0.05, 0.1) is 6.42 Å². The third-order valence-electron chi connectivity index (χ3n) is 3.63. The van der Waals surface area contributed by atoms with Crippen LogP contribution in [0.5, 0.6) is 0 Å². The highest BCUT2D eigenvalue weighted by atomic mass is 16.5. The topological polar surface area (TPSA) is 42.1 Å². The van der Waals surface area contributed by atoms with E-state index in [4.69, 9.17) is 4.74 Å². The molecule has 0 unspecified atom stereocenters. The van der Waals surface area contributed by atoms with Gasteiger partial charge in [0.15, 0.2) is 0 Å². The molecule has 0 amide bonds. The van der Waals surface area contributed by atoms with E-state index in [9.17, 15) is 4.79 Å². The van der Waals surface area contributed by atoms with Crippen molar-refractivity contribution in [3.63, 3.8) is 0 Å². The summed E-state index contributed by atoms with van der Waals surface area (Å²) in [5.74, 6) is -0.214. The van der Waals surface area contributed by atoms with E-state index in [1.54, 1.807) is 0 Å². The van der Waals surface area contributed by atoms with Gasteiger partial charge in [-0.3, -0.25) is 4.79 Å². The third-order valence-corrected chi connectivity index (χ3v) is 3.63. The maximum atomic E-state index is 12.0. The van der Waals surface area contributed by atoms with Crippen LogP contribution in [-0.4, -0.2) is 11.0 Å². The van der Waals surface area contributed by atoms with Crippen molar-refractivity contribution in [3.8, 4) is 0 Å². The lowest BCUT2D eigenvalue weighted by molar-refractivity contribution is -0.144. The minimum atomic E-state index is -0.214. The number of carbonyl (C=O) groups excluding carboxylic acids is 1. The number of benzene rings is 2. The molecule has 1 N–H and O–H groups in total. The summed E-state index contributed by atoms with van der Waals surface area (Å²) in [5.41, 5.74) is 4.09. The van der Waals surface area contributed by atoms with Crippen molar-refractivity contribution in [1.82, 2.24) is 4.98 Å². The minimum absolute atomic E-state index is 0.214. The number of aromatic nitrogens is 1. The molecule has 1 heterocycles. The number of rotatable bonds is 4. The molecule has 2 aromatic carbocycles. The molecule has 3 heteroatoms. The number of esters is 1. The number of hydrogen-bond acceptors (Lipinski definition) is 2. The summed E-state index contributed by atoms with van der Waals surface area (Å²) in [6.07, 6.45) is 0.271. The maximum Gasteiger partial charge on any atom is 0.312 e. The van der Waals surface area contributed by atoms with E-state index in [0.717, 1.165) is 27.7 Å². The SMILES string of the molecule is Cc1c(CC(=O)OCc2ccccc2)[nH]c2ccccc12. The highest BCUT2D eigenvalue weighted by Crippen LogP contribution is 2.21. The first kappa shape index (κ1) is 13.4. The van der Waals surface area contributed by atoms with E-state index in [0.29, 0.717) is 6.61 Å². The van der Waals surface area contributed by atoms with Crippen LogP contribution in [0.15, 0.2) is 54.6 Å². The zero-order chi connectivity index (χ0) is 14.7. The summed E-state index contributed by atoms with van der Waals surface area (Å²) in [6.45, 7) is 2.34. The summed E-state index contributed by atoms with van der Waals surface area (Å²) in [5, 5.41) is 1.16. The number of hydrogen-bond donors (Lipinski definition) is 1. The van der Waals surface area contributed by atoms with Crippen molar-refractivity contribution in [2.75, 3.05) is 0 Å². The standard InChI is InChI=1S/C18H17NO2/c1-13-15-9-5-6-10-16(15)19-17(13)11-18(20)21-12-14-7-3-2-4-8-14/h2-10,19H,11-12H2,1H3. The van der Waals surface area contributed by atoms with Crippen LogP contribution in [0, 0.1) is 6.92 Å². The summed E-state index contributed by atoms with van der Waals surface area (Å²) in [4.78, 5) is 15.3. The number of ether oxygens (including phenoxy) is 1. The van der Waals surface area contributed by atoms with Crippen LogP contribution >= 0.6 is 0 Å². The van der Waals surface area contributed by atoms with E-state index >= 15 is 0 Å². The fraction of sp³-hybridized carbons (Fsp3) is 0.167. The molecule has 3 rings (SSSR count). The average Bonchev–Trinajstić information content (AvgIpc) is 2.83. The Morgan fingerprint density at radius 2 is 1.76 bits per heavy atom. The number of aryl methyl sites for hydroxylation is 1. The van der Waals surface area contributed by atoms with Gasteiger partial charge in [-0.2, -0.15) is 0 Å². The Hall–Kier alpha value is -2.55. The fourth-order valence-electron chi connectivity index (χ4n) is 2.45. The van der Waals surface area contributed by atoms with Gasteiger partial charge >= 0.3 is 5.97 Å². The minimum Gasteiger partial charge on any atom is -0.461 e. The van der Waals surface area contributed by atoms with Gasteiger partial charge in [-0.25, -0.2) is 0 Å². The molecule has 21 heavy (non-hydrogen) atoms. The van der Waals surface area contributed by atoms with Crippen molar-refractivity contribution in [2.45, 2.75) is 20.0 Å². The zero-order valence-corrected chi connectivity index (χ0v) is 11.9. The van der Waals surface area contributed by atoms with Crippen LogP contribution in [-0.2, 0) is 22.6 Å². The predicted octanol–water partition coefficient (Wildman–Crippen LogP) is 3.76. The van der Waals surface area contributed by atoms with E-state index in [2.05, 4.69) is 11.1 Å². The van der Waals surface area contributed by atoms with Crippen molar-refractivity contribution < 1.29 is 9.53 Å². The number of para-hydroxylation sites is 1. The second-order valence-electron chi connectivity index (χ2n) is 5.10. The lowest BCUT2D eigenvalue weighted by atomic mass is 10.1. The van der Waals surface area contributed by atoms with Crippen LogP contribution in [0.4, 0.5) is 0 Å². The van der Waals surface area contributed by atoms with E-state index in [1.165, 1.54) is 0 Å². The Morgan fingerprint density at radius 1 is 1.05 bits per heavy atom. The predicted molar refractivity (Wildman–Crippen MR) is 83.0 cm³/mol. The summed E-state index contributed by atoms with van der Waals surface area (Å²) in [7, 11) is 0. The van der Waals surface area contributed by atoms with Crippen molar-refractivity contribution >= 4 is 16.9 Å². The molecule has 0 fully saturated rings. The molecule has 0 aliphatic rings. The molecule has 1 aromatic heterocycles. The lowest BCUT2D eigenvalue weighted by Crippen LogP contribution is -2.09. The number of H-pyrrole nitrogens is 1. The quantitative estimate of drug-likeness (QED) is 0.739. The Morgan fingerprint density at radius 3 is 2.52 bits per heavy atom. The van der Waals surface area contributed by atoms with Crippen LogP contribution in [0.25, 0.3) is 10.9 Å². The number of nitrogens with one attached hydrogen (secondary N) is 1. The van der Waals surface area contributed by atoms with E-state index in [-0.39, 0.29) is 12.4 Å². The van der Waals surface area contributed by atoms with Gasteiger partial charge in [-0.05, 0) is 24.1 Å². The third kappa shape index (κ3) is 2.97. The first-order valence-corrected chi connectivity index (χ1v) is 7.00. The second-order valence-corrected chi connectivity index (χ2v) is 5.10. The van der Waals surface area contributed by atoms with Gasteiger partial charge in [0.2, 0.25) is 0 Å². The maximum absolute atomic E-state index is 12.0. The molecular weight excluding hydrogens is 262 g/mol. The Labute approximate surface area is 123 Å². The smallest absolute Gasteiger partial charge is 0.312 e. The number of carbonyl (C=O) groups is 1. The molecule has 0 saturated carbocycles. The average molecular weight is 279 g/mol. The first-order chi connectivity index (χ1) is 10.2. The van der Waals surface area contributed by atoms with Crippen molar-refractivity contribution in [1.29, 1.82) is 0 Å². The van der Waals surface area contributed by atoms with Crippen molar-refractivity contribution in [2.24, 2.45) is 0 Å². The fourth-order valence-corrected chi connectivity index (χ4v) is 2.45. The van der Waals surface area contributed by atoms with Gasteiger partial charge in [0, 0.05) is 16.6 Å². The second kappa shape index (κ2) is 5.83. The molecule has 0 radical (unpaired) electrons. The largest absolute Gasteiger partial charge is 0.461 e. The Balaban J connectivity index is 1.67. The van der Waals surface area contributed by atoms with Gasteiger partial charge in [0.25, 0.3) is 0 Å². The molecule has 0 aliphatic heterocycles. The van der Waals surface area contributed by atoms with Gasteiger partial charge < -0.3 is 9.72 Å². The molecule has 0 spiro atoms. The summed E-state index contributed by atoms with van der Waals surface area (Å²) < 4.78 is 5.32. The van der Waals surface area contributed by atoms with Gasteiger partial charge in [0.1, 0.15) is 6.61 Å². The normalized spacial score (nSPS) is 10.7. The molecule has 106 valence electrons. The number of fused-ring (bicyclic) bond motifs is 1.